The van der Waals surface area contributed by atoms with Crippen molar-refractivity contribution in [1.29, 1.82) is 0 Å². The van der Waals surface area contributed by atoms with E-state index in [0.29, 0.717) is 24.5 Å². The molecule has 134 valence electrons. The van der Waals surface area contributed by atoms with E-state index in [-0.39, 0.29) is 11.9 Å². The quantitative estimate of drug-likeness (QED) is 0.749. The molecule has 0 bridgehead atoms. The Balaban J connectivity index is 1.61. The highest BCUT2D eigenvalue weighted by molar-refractivity contribution is 5.76. The summed E-state index contributed by atoms with van der Waals surface area (Å²) in [7, 11) is 0. The predicted octanol–water partition coefficient (Wildman–Crippen LogP) is 2.48. The smallest absolute Gasteiger partial charge is 0.407 e. The third-order valence-corrected chi connectivity index (χ3v) is 4.44. The number of nitrogens with one attached hydrogen (secondary N) is 1. The van der Waals surface area contributed by atoms with Gasteiger partial charge in [-0.05, 0) is 25.0 Å². The number of fused-ring (bicyclic) bond motifs is 1. The van der Waals surface area contributed by atoms with E-state index < -0.39 is 11.9 Å². The number of amides is 1. The molecular weight excluding hydrogens is 339 g/mol. The van der Waals surface area contributed by atoms with E-state index in [1.54, 1.807) is 10.7 Å². The number of carbonyl (C=O) groups is 1. The summed E-state index contributed by atoms with van der Waals surface area (Å²) in [6, 6.07) is 5.43. The number of anilines is 1. The average Bonchev–Trinajstić information content (AvgIpc) is 3.08. The van der Waals surface area contributed by atoms with E-state index in [1.165, 1.54) is 4.90 Å². The monoisotopic (exact) mass is 356 g/mol. The Labute approximate surface area is 148 Å². The number of carboxylic acid groups (broad SMARTS) is 1. The van der Waals surface area contributed by atoms with Crippen LogP contribution in [-0.4, -0.2) is 54.8 Å². The van der Waals surface area contributed by atoms with Crippen LogP contribution >= 0.6 is 0 Å². The van der Waals surface area contributed by atoms with Gasteiger partial charge in [-0.1, -0.05) is 6.07 Å². The number of nitrogens with zero attached hydrogens (tertiary/aromatic N) is 5. The molecule has 2 N–H and O–H groups in total. The standard InChI is InChI=1S/C17H17FN6O2/c18-13-9-19-15(12-8-20-24-7-2-1-5-14(12)24)22-16(13)21-11-4-3-6-23(10-11)17(25)26/h1-2,5,7-9,11H,3-4,6,10H2,(H,25,26)(H,19,21,22)/t11-/m1/s1. The third kappa shape index (κ3) is 3.03. The van der Waals surface area contributed by atoms with Gasteiger partial charge < -0.3 is 15.3 Å². The molecule has 4 heterocycles. The zero-order valence-corrected chi connectivity index (χ0v) is 13.8. The van der Waals surface area contributed by atoms with Crippen molar-refractivity contribution in [3.8, 4) is 11.4 Å². The molecule has 0 aromatic carbocycles. The van der Waals surface area contributed by atoms with Crippen LogP contribution < -0.4 is 5.32 Å². The fourth-order valence-electron chi connectivity index (χ4n) is 3.17. The number of piperidine rings is 1. The maximum Gasteiger partial charge on any atom is 0.407 e. The van der Waals surface area contributed by atoms with E-state index in [1.807, 2.05) is 24.4 Å². The van der Waals surface area contributed by atoms with Gasteiger partial charge in [-0.3, -0.25) is 0 Å². The van der Waals surface area contributed by atoms with Gasteiger partial charge in [0.1, 0.15) is 0 Å². The molecule has 3 aromatic heterocycles. The molecule has 1 saturated heterocycles. The molecule has 8 nitrogen and oxygen atoms in total. The van der Waals surface area contributed by atoms with Gasteiger partial charge in [0, 0.05) is 25.3 Å². The van der Waals surface area contributed by atoms with E-state index in [2.05, 4.69) is 20.4 Å². The van der Waals surface area contributed by atoms with Crippen molar-refractivity contribution in [2.24, 2.45) is 0 Å². The molecule has 4 rings (SSSR count). The Morgan fingerprint density at radius 1 is 1.35 bits per heavy atom. The Hall–Kier alpha value is -3.23. The molecule has 1 amide bonds. The van der Waals surface area contributed by atoms with Gasteiger partial charge >= 0.3 is 6.09 Å². The highest BCUT2D eigenvalue weighted by Gasteiger charge is 2.24. The van der Waals surface area contributed by atoms with Crippen molar-refractivity contribution >= 4 is 17.4 Å². The summed E-state index contributed by atoms with van der Waals surface area (Å²) >= 11 is 0. The van der Waals surface area contributed by atoms with Crippen LogP contribution in [0.2, 0.25) is 0 Å². The van der Waals surface area contributed by atoms with Crippen LogP contribution in [0.4, 0.5) is 15.0 Å². The summed E-state index contributed by atoms with van der Waals surface area (Å²) in [5, 5.41) is 16.4. The molecule has 26 heavy (non-hydrogen) atoms. The lowest BCUT2D eigenvalue weighted by molar-refractivity contribution is 0.132. The van der Waals surface area contributed by atoms with Gasteiger partial charge in [-0.25, -0.2) is 23.7 Å². The van der Waals surface area contributed by atoms with Crippen molar-refractivity contribution in [2.45, 2.75) is 18.9 Å². The number of pyridine rings is 1. The summed E-state index contributed by atoms with van der Waals surface area (Å²) in [6.07, 6.45) is 5.07. The SMILES string of the molecule is O=C(O)N1CCC[C@@H](Nc2nc(-c3cnn4ccccc34)ncc2F)C1. The highest BCUT2D eigenvalue weighted by Crippen LogP contribution is 2.24. The van der Waals surface area contributed by atoms with E-state index >= 15 is 0 Å². The minimum absolute atomic E-state index is 0.0718. The van der Waals surface area contributed by atoms with Gasteiger partial charge in [0.15, 0.2) is 17.5 Å². The van der Waals surface area contributed by atoms with Crippen LogP contribution in [0.3, 0.4) is 0 Å². The number of hydrogen-bond donors (Lipinski definition) is 2. The Morgan fingerprint density at radius 3 is 3.08 bits per heavy atom. The third-order valence-electron chi connectivity index (χ3n) is 4.44. The maximum atomic E-state index is 14.2. The second-order valence-corrected chi connectivity index (χ2v) is 6.19. The Bertz CT molecular complexity index is 959. The van der Waals surface area contributed by atoms with Crippen LogP contribution in [0.5, 0.6) is 0 Å². The molecule has 1 fully saturated rings. The first-order valence-electron chi connectivity index (χ1n) is 8.31. The van der Waals surface area contributed by atoms with E-state index in [9.17, 15) is 9.18 Å². The fraction of sp³-hybridized carbons (Fsp3) is 0.294. The van der Waals surface area contributed by atoms with Crippen LogP contribution in [0.15, 0.2) is 36.8 Å². The Kier molecular flexibility index (Phi) is 4.11. The molecule has 3 aromatic rings. The molecule has 0 saturated carbocycles. The molecule has 0 spiro atoms. The molecular formula is C17H17FN6O2. The lowest BCUT2D eigenvalue weighted by atomic mass is 10.1. The normalized spacial score (nSPS) is 17.4. The largest absolute Gasteiger partial charge is 0.465 e. The summed E-state index contributed by atoms with van der Waals surface area (Å²) in [5.74, 6) is -0.138. The fourth-order valence-corrected chi connectivity index (χ4v) is 3.17. The van der Waals surface area contributed by atoms with Gasteiger partial charge in [0.2, 0.25) is 0 Å². The number of halogens is 1. The van der Waals surface area contributed by atoms with Crippen molar-refractivity contribution in [2.75, 3.05) is 18.4 Å². The lowest BCUT2D eigenvalue weighted by Gasteiger charge is -2.31. The number of aromatic nitrogens is 4. The minimum Gasteiger partial charge on any atom is -0.465 e. The van der Waals surface area contributed by atoms with Gasteiger partial charge in [-0.15, -0.1) is 0 Å². The first kappa shape index (κ1) is 16.2. The van der Waals surface area contributed by atoms with Crippen LogP contribution in [-0.2, 0) is 0 Å². The molecule has 0 radical (unpaired) electrons. The van der Waals surface area contributed by atoms with Crippen molar-refractivity contribution in [1.82, 2.24) is 24.5 Å². The van der Waals surface area contributed by atoms with Crippen molar-refractivity contribution < 1.29 is 14.3 Å². The molecule has 1 aliphatic rings. The lowest BCUT2D eigenvalue weighted by Crippen LogP contribution is -2.44. The first-order valence-corrected chi connectivity index (χ1v) is 8.31. The summed E-state index contributed by atoms with van der Waals surface area (Å²) in [4.78, 5) is 20.9. The molecule has 0 unspecified atom stereocenters. The van der Waals surface area contributed by atoms with Crippen LogP contribution in [0, 0.1) is 5.82 Å². The summed E-state index contributed by atoms with van der Waals surface area (Å²) < 4.78 is 15.9. The number of rotatable bonds is 3. The average molecular weight is 356 g/mol. The zero-order valence-electron chi connectivity index (χ0n) is 13.8. The van der Waals surface area contributed by atoms with Crippen molar-refractivity contribution in [3.63, 3.8) is 0 Å². The first-order chi connectivity index (χ1) is 12.6. The second-order valence-electron chi connectivity index (χ2n) is 6.19. The molecule has 1 aliphatic heterocycles. The van der Waals surface area contributed by atoms with Crippen LogP contribution in [0.25, 0.3) is 16.9 Å². The zero-order chi connectivity index (χ0) is 18.1. The predicted molar refractivity (Wildman–Crippen MR) is 92.4 cm³/mol. The van der Waals surface area contributed by atoms with Gasteiger partial charge in [0.05, 0.1) is 23.5 Å². The Morgan fingerprint density at radius 2 is 2.23 bits per heavy atom. The molecule has 1 atom stereocenters. The van der Waals surface area contributed by atoms with E-state index in [4.69, 9.17) is 5.11 Å². The highest BCUT2D eigenvalue weighted by atomic mass is 19.1. The summed E-state index contributed by atoms with van der Waals surface area (Å²) in [5.41, 5.74) is 1.52. The van der Waals surface area contributed by atoms with Crippen LogP contribution in [0.1, 0.15) is 12.8 Å². The summed E-state index contributed by atoms with van der Waals surface area (Å²) in [6.45, 7) is 0.790. The molecule has 9 heteroatoms. The number of hydrogen-bond acceptors (Lipinski definition) is 5. The maximum absolute atomic E-state index is 14.2. The second kappa shape index (κ2) is 6.58. The van der Waals surface area contributed by atoms with Gasteiger partial charge in [0.25, 0.3) is 0 Å². The van der Waals surface area contributed by atoms with E-state index in [0.717, 1.165) is 24.6 Å². The van der Waals surface area contributed by atoms with Crippen molar-refractivity contribution in [3.05, 3.63) is 42.6 Å². The topological polar surface area (TPSA) is 95.7 Å². The number of likely N-dealkylation sites (tertiary alicyclic amines) is 1. The molecule has 0 aliphatic carbocycles. The minimum atomic E-state index is -0.966. The van der Waals surface area contributed by atoms with Gasteiger partial charge in [-0.2, -0.15) is 5.10 Å².